The minimum absolute atomic E-state index is 0.00464. The molecule has 0 heterocycles. The first-order valence-corrected chi connectivity index (χ1v) is 7.60. The smallest absolute Gasteiger partial charge is 0.353 e. The molecule has 0 aromatic rings. The van der Waals surface area contributed by atoms with E-state index < -0.39 is 12.1 Å². The third kappa shape index (κ3) is 6.24. The number of amides is 1. The minimum atomic E-state index is -4.11. The van der Waals surface area contributed by atoms with Crippen molar-refractivity contribution in [2.75, 3.05) is 6.54 Å². The molecule has 0 saturated heterocycles. The lowest BCUT2D eigenvalue weighted by Crippen LogP contribution is -2.44. The van der Waals surface area contributed by atoms with E-state index in [2.05, 4.69) is 5.32 Å². The summed E-state index contributed by atoms with van der Waals surface area (Å²) in [6.07, 6.45) is -2.46. The number of alkyl halides is 3. The summed E-state index contributed by atoms with van der Waals surface area (Å²) in [4.78, 5) is 12.2. The number of nitrogens with one attached hydrogen (secondary N) is 1. The highest BCUT2D eigenvalue weighted by atomic mass is 19.4. The van der Waals surface area contributed by atoms with E-state index in [0.29, 0.717) is 19.3 Å². The second-order valence-electron chi connectivity index (χ2n) is 7.30. The van der Waals surface area contributed by atoms with Gasteiger partial charge in [0.1, 0.15) is 0 Å². The highest BCUT2D eigenvalue weighted by Crippen LogP contribution is 2.37. The molecule has 124 valence electrons. The molecule has 1 amide bonds. The molecule has 0 aliphatic heterocycles. The van der Waals surface area contributed by atoms with Crippen molar-refractivity contribution in [2.24, 2.45) is 23.0 Å². The molecule has 3 N–H and O–H groups in total. The Kier molecular flexibility index (Phi) is 6.08. The molecule has 1 rings (SSSR count). The van der Waals surface area contributed by atoms with Crippen molar-refractivity contribution in [3.05, 3.63) is 0 Å². The fourth-order valence-corrected chi connectivity index (χ4v) is 2.91. The summed E-state index contributed by atoms with van der Waals surface area (Å²) in [7, 11) is 0. The molecular formula is C15H27F3N2O. The number of rotatable bonds is 4. The summed E-state index contributed by atoms with van der Waals surface area (Å²) in [5, 5.41) is 2.88. The van der Waals surface area contributed by atoms with Gasteiger partial charge in [0.05, 0.1) is 11.8 Å². The van der Waals surface area contributed by atoms with Crippen LogP contribution in [0.25, 0.3) is 0 Å². The van der Waals surface area contributed by atoms with Gasteiger partial charge >= 0.3 is 6.18 Å². The van der Waals surface area contributed by atoms with Gasteiger partial charge in [0.25, 0.3) is 0 Å². The molecule has 21 heavy (non-hydrogen) atoms. The molecular weight excluding hydrogens is 281 g/mol. The molecule has 1 aliphatic rings. The quantitative estimate of drug-likeness (QED) is 0.837. The lowest BCUT2D eigenvalue weighted by atomic mass is 9.83. The zero-order valence-electron chi connectivity index (χ0n) is 13.1. The highest BCUT2D eigenvalue weighted by molar-refractivity contribution is 5.79. The van der Waals surface area contributed by atoms with Gasteiger partial charge < -0.3 is 11.1 Å². The normalized spacial score (nSPS) is 25.5. The monoisotopic (exact) mass is 308 g/mol. The van der Waals surface area contributed by atoms with Crippen LogP contribution in [0.1, 0.15) is 52.9 Å². The predicted molar refractivity (Wildman–Crippen MR) is 76.6 cm³/mol. The van der Waals surface area contributed by atoms with E-state index in [-0.39, 0.29) is 42.7 Å². The second-order valence-corrected chi connectivity index (χ2v) is 7.30. The van der Waals surface area contributed by atoms with Crippen molar-refractivity contribution in [2.45, 2.75) is 65.1 Å². The first kappa shape index (κ1) is 18.3. The Balaban J connectivity index is 2.46. The lowest BCUT2D eigenvalue weighted by molar-refractivity contribution is -0.182. The van der Waals surface area contributed by atoms with E-state index >= 15 is 0 Å². The zero-order chi connectivity index (χ0) is 16.3. The Labute approximate surface area is 124 Å². The van der Waals surface area contributed by atoms with Crippen LogP contribution in [0.4, 0.5) is 13.2 Å². The van der Waals surface area contributed by atoms with Crippen LogP contribution in [0.15, 0.2) is 0 Å². The summed E-state index contributed by atoms with van der Waals surface area (Å²) >= 11 is 0. The molecule has 0 radical (unpaired) electrons. The molecule has 1 aliphatic carbocycles. The third-order valence-electron chi connectivity index (χ3n) is 4.05. The van der Waals surface area contributed by atoms with Gasteiger partial charge in [0.15, 0.2) is 0 Å². The Morgan fingerprint density at radius 2 is 1.71 bits per heavy atom. The largest absolute Gasteiger partial charge is 0.391 e. The molecule has 1 unspecified atom stereocenters. The zero-order valence-corrected chi connectivity index (χ0v) is 13.1. The van der Waals surface area contributed by atoms with Crippen LogP contribution in [-0.4, -0.2) is 24.7 Å². The van der Waals surface area contributed by atoms with Crippen LogP contribution in [0.3, 0.4) is 0 Å². The topological polar surface area (TPSA) is 55.1 Å². The van der Waals surface area contributed by atoms with Crippen LogP contribution >= 0.6 is 0 Å². The molecule has 1 saturated carbocycles. The highest BCUT2D eigenvalue weighted by Gasteiger charge is 2.41. The van der Waals surface area contributed by atoms with Gasteiger partial charge in [-0.15, -0.1) is 0 Å². The summed E-state index contributed by atoms with van der Waals surface area (Å²) in [5.74, 6) is -1.61. The molecule has 0 aromatic heterocycles. The van der Waals surface area contributed by atoms with E-state index in [1.54, 1.807) is 0 Å². The van der Waals surface area contributed by atoms with Gasteiger partial charge in [-0.3, -0.25) is 4.79 Å². The summed E-state index contributed by atoms with van der Waals surface area (Å²) < 4.78 is 37.8. The number of hydrogen-bond acceptors (Lipinski definition) is 2. The summed E-state index contributed by atoms with van der Waals surface area (Å²) in [5.41, 5.74) is 5.65. The standard InChI is InChI=1S/C15H27F3N2O/c1-14(2,3)8-10(9-19)13(21)20-12-6-4-11(5-7-12)15(16,17)18/h10-12H,4-9,19H2,1-3H3,(H,20,21). The van der Waals surface area contributed by atoms with E-state index in [9.17, 15) is 18.0 Å². The molecule has 3 nitrogen and oxygen atoms in total. The number of halogens is 3. The molecule has 0 bridgehead atoms. The van der Waals surface area contributed by atoms with E-state index in [4.69, 9.17) is 5.73 Å². The van der Waals surface area contributed by atoms with Gasteiger partial charge in [0.2, 0.25) is 5.91 Å². The van der Waals surface area contributed by atoms with Crippen molar-refractivity contribution in [3.8, 4) is 0 Å². The van der Waals surface area contributed by atoms with Crippen LogP contribution in [-0.2, 0) is 4.79 Å². The maximum absolute atomic E-state index is 12.6. The van der Waals surface area contributed by atoms with Gasteiger partial charge in [-0.2, -0.15) is 13.2 Å². The van der Waals surface area contributed by atoms with Crippen molar-refractivity contribution in [1.29, 1.82) is 0 Å². The van der Waals surface area contributed by atoms with Crippen LogP contribution in [0.2, 0.25) is 0 Å². The minimum Gasteiger partial charge on any atom is -0.353 e. The molecule has 0 aromatic carbocycles. The summed E-state index contributed by atoms with van der Waals surface area (Å²) in [6, 6.07) is -0.148. The Morgan fingerprint density at radius 3 is 2.10 bits per heavy atom. The fraction of sp³-hybridized carbons (Fsp3) is 0.933. The van der Waals surface area contributed by atoms with Gasteiger partial charge in [-0.1, -0.05) is 20.8 Å². The Hall–Kier alpha value is -0.780. The third-order valence-corrected chi connectivity index (χ3v) is 4.05. The number of carbonyl (C=O) groups is 1. The van der Waals surface area contributed by atoms with Crippen molar-refractivity contribution in [1.82, 2.24) is 5.32 Å². The first-order valence-electron chi connectivity index (χ1n) is 7.60. The summed E-state index contributed by atoms with van der Waals surface area (Å²) in [6.45, 7) is 6.38. The maximum Gasteiger partial charge on any atom is 0.391 e. The second kappa shape index (κ2) is 6.99. The Bertz CT molecular complexity index is 342. The average Bonchev–Trinajstić information content (AvgIpc) is 2.34. The SMILES string of the molecule is CC(C)(C)CC(CN)C(=O)NC1CCC(C(F)(F)F)CC1. The maximum atomic E-state index is 12.6. The average molecular weight is 308 g/mol. The lowest BCUT2D eigenvalue weighted by Gasteiger charge is -2.32. The van der Waals surface area contributed by atoms with Crippen molar-refractivity contribution < 1.29 is 18.0 Å². The van der Waals surface area contributed by atoms with E-state index in [1.807, 2.05) is 20.8 Å². The van der Waals surface area contributed by atoms with E-state index in [1.165, 1.54) is 0 Å². The fourth-order valence-electron chi connectivity index (χ4n) is 2.91. The molecule has 1 fully saturated rings. The van der Waals surface area contributed by atoms with Crippen molar-refractivity contribution >= 4 is 5.91 Å². The molecule has 0 spiro atoms. The first-order chi connectivity index (χ1) is 9.53. The van der Waals surface area contributed by atoms with Crippen molar-refractivity contribution in [3.63, 3.8) is 0 Å². The number of hydrogen-bond donors (Lipinski definition) is 2. The van der Waals surface area contributed by atoms with E-state index in [0.717, 1.165) is 0 Å². The van der Waals surface area contributed by atoms with Gasteiger partial charge in [-0.25, -0.2) is 0 Å². The number of nitrogens with two attached hydrogens (primary N) is 1. The van der Waals surface area contributed by atoms with Crippen LogP contribution < -0.4 is 11.1 Å². The molecule has 6 heteroatoms. The molecule has 1 atom stereocenters. The van der Waals surface area contributed by atoms with Gasteiger partial charge in [0, 0.05) is 12.6 Å². The Morgan fingerprint density at radius 1 is 1.19 bits per heavy atom. The van der Waals surface area contributed by atoms with Crippen LogP contribution in [0, 0.1) is 17.3 Å². The number of carbonyl (C=O) groups excluding carboxylic acids is 1. The predicted octanol–water partition coefficient (Wildman–Crippen LogP) is 3.23. The van der Waals surface area contributed by atoms with Crippen LogP contribution in [0.5, 0.6) is 0 Å². The van der Waals surface area contributed by atoms with Gasteiger partial charge in [-0.05, 0) is 37.5 Å².